The molecule has 0 bridgehead atoms. The molecule has 1 aliphatic heterocycles. The highest BCUT2D eigenvalue weighted by Crippen LogP contribution is 2.61. The maximum atomic E-state index is 12.7. The number of hydrogen-bond donors (Lipinski definition) is 11. The number of phosphoric acid groups is 3. The number of aromatic nitrogens is 4. The summed E-state index contributed by atoms with van der Waals surface area (Å²) in [7, 11) is -16.5. The molecule has 31 heteroatoms. The summed E-state index contributed by atoms with van der Waals surface area (Å²) in [6, 6.07) is 0. The van der Waals surface area contributed by atoms with Crippen LogP contribution in [0.15, 0.2) is 24.8 Å². The van der Waals surface area contributed by atoms with Gasteiger partial charge < -0.3 is 61.1 Å². The molecule has 2 aromatic rings. The van der Waals surface area contributed by atoms with E-state index >= 15 is 0 Å². The fourth-order valence-corrected chi connectivity index (χ4v) is 8.95. The lowest BCUT2D eigenvalue weighted by Gasteiger charge is -2.30. The Bertz CT molecular complexity index is 2040. The molecule has 2 aromatic heterocycles. The van der Waals surface area contributed by atoms with Gasteiger partial charge in [0.2, 0.25) is 11.8 Å². The predicted molar refractivity (Wildman–Crippen MR) is 213 cm³/mol. The summed E-state index contributed by atoms with van der Waals surface area (Å²) in [5.74, 6) is -2.28. The van der Waals surface area contributed by atoms with Gasteiger partial charge in [-0.2, -0.15) is 4.31 Å². The van der Waals surface area contributed by atoms with Crippen molar-refractivity contribution in [1.82, 2.24) is 30.2 Å². The second-order valence-corrected chi connectivity index (χ2v) is 19.5. The van der Waals surface area contributed by atoms with Gasteiger partial charge in [0.05, 0.1) is 32.1 Å². The average molecular weight is 966 g/mol. The summed E-state index contributed by atoms with van der Waals surface area (Å²) in [5, 5.41) is 44.7. The number of nitrogens with one attached hydrogen (secondary N) is 2. The van der Waals surface area contributed by atoms with Crippen molar-refractivity contribution in [2.75, 3.05) is 37.8 Å². The van der Waals surface area contributed by atoms with Crippen LogP contribution in [0.3, 0.4) is 0 Å². The molecule has 8 unspecified atom stereocenters. The van der Waals surface area contributed by atoms with Crippen LogP contribution in [0.5, 0.6) is 0 Å². The number of amides is 2. The van der Waals surface area contributed by atoms with Crippen LogP contribution in [0, 0.1) is 5.41 Å². The predicted octanol–water partition coefficient (Wildman–Crippen LogP) is -0.383. The molecular weight excluding hydrogens is 915 g/mol. The van der Waals surface area contributed by atoms with E-state index in [1.807, 2.05) is 0 Å². The quantitative estimate of drug-likeness (QED) is 0.0309. The Hall–Kier alpha value is -3.27. The van der Waals surface area contributed by atoms with Gasteiger partial charge >= 0.3 is 29.4 Å². The second kappa shape index (κ2) is 23.6. The Kier molecular flexibility index (Phi) is 20.2. The first-order chi connectivity index (χ1) is 28.8. The monoisotopic (exact) mass is 965 g/mol. The molecule has 350 valence electrons. The highest BCUT2D eigenvalue weighted by Gasteiger charge is 2.50. The van der Waals surface area contributed by atoms with Gasteiger partial charge in [-0.15, -0.1) is 0 Å². The smallest absolute Gasteiger partial charge is 0.481 e. The molecular formula is C31H50N7O20P3S. The van der Waals surface area contributed by atoms with Crippen LogP contribution in [0.25, 0.3) is 11.2 Å². The molecule has 12 N–H and O–H groups in total. The van der Waals surface area contributed by atoms with E-state index in [2.05, 4.69) is 34.4 Å². The molecule has 62 heavy (non-hydrogen) atoms. The van der Waals surface area contributed by atoms with Crippen LogP contribution < -0.4 is 16.4 Å². The summed E-state index contributed by atoms with van der Waals surface area (Å²) < 4.78 is 62.1. The van der Waals surface area contributed by atoms with E-state index in [1.54, 1.807) is 6.08 Å². The number of aliphatic hydroxyl groups excluding tert-OH is 3. The van der Waals surface area contributed by atoms with Crippen molar-refractivity contribution in [3.05, 3.63) is 24.8 Å². The molecule has 1 fully saturated rings. The lowest BCUT2D eigenvalue weighted by molar-refractivity contribution is -0.137. The third-order valence-corrected chi connectivity index (χ3v) is 12.6. The van der Waals surface area contributed by atoms with Crippen molar-refractivity contribution in [3.8, 4) is 0 Å². The number of fused-ring (bicyclic) bond motifs is 1. The summed E-state index contributed by atoms with van der Waals surface area (Å²) in [6.45, 7) is 0.282. The van der Waals surface area contributed by atoms with Gasteiger partial charge in [0, 0.05) is 37.1 Å². The number of aliphatic carboxylic acids is 1. The first-order valence-corrected chi connectivity index (χ1v) is 23.9. The van der Waals surface area contributed by atoms with Crippen molar-refractivity contribution < 1.29 is 95.5 Å². The summed E-state index contributed by atoms with van der Waals surface area (Å²) in [4.78, 5) is 98.3. The molecule has 0 aromatic carbocycles. The number of nitrogens with zero attached hydrogens (tertiary/aromatic N) is 4. The molecule has 0 spiro atoms. The number of hydrogen-bond acceptors (Lipinski definition) is 20. The van der Waals surface area contributed by atoms with E-state index in [1.165, 1.54) is 19.9 Å². The normalized spacial score (nSPS) is 21.3. The Balaban J connectivity index is 1.40. The van der Waals surface area contributed by atoms with E-state index in [0.29, 0.717) is 12.8 Å². The minimum absolute atomic E-state index is 0.0188. The van der Waals surface area contributed by atoms with Crippen LogP contribution >= 0.6 is 35.2 Å². The molecule has 8 atom stereocenters. The van der Waals surface area contributed by atoms with E-state index in [9.17, 15) is 67.8 Å². The molecule has 0 saturated carbocycles. The van der Waals surface area contributed by atoms with Gasteiger partial charge in [0.1, 0.15) is 36.3 Å². The lowest BCUT2D eigenvalue weighted by atomic mass is 9.87. The third-order valence-electron chi connectivity index (χ3n) is 8.55. The zero-order valence-corrected chi connectivity index (χ0v) is 36.6. The van der Waals surface area contributed by atoms with Crippen LogP contribution in [-0.4, -0.2) is 145 Å². The number of carboxylic acids is 1. The van der Waals surface area contributed by atoms with Crippen molar-refractivity contribution in [3.63, 3.8) is 0 Å². The highest BCUT2D eigenvalue weighted by atomic mass is 32.2. The average Bonchev–Trinajstić information content (AvgIpc) is 3.73. The SMILES string of the molecule is CC(C)(COP(=O)(O)OP(=O)(O)OCC1OC(n2cnc3c(N)ncnc32)C(O)C1OP(=O)(O)O)C(O)C(=O)NCCC(=O)NCCSC(=O)CCCC(O)C/C=C/CC(=O)O. The minimum Gasteiger partial charge on any atom is -0.481 e. The zero-order chi connectivity index (χ0) is 46.5. The van der Waals surface area contributed by atoms with Crippen LogP contribution in [0.1, 0.15) is 58.6 Å². The van der Waals surface area contributed by atoms with Gasteiger partial charge in [0.15, 0.2) is 22.8 Å². The van der Waals surface area contributed by atoms with Gasteiger partial charge in [-0.25, -0.2) is 28.6 Å². The van der Waals surface area contributed by atoms with Crippen molar-refractivity contribution in [2.45, 2.75) is 89.1 Å². The number of anilines is 1. The van der Waals surface area contributed by atoms with Crippen molar-refractivity contribution in [2.24, 2.45) is 5.41 Å². The molecule has 2 amide bonds. The number of nitrogens with two attached hydrogens (primary N) is 1. The first kappa shape index (κ1) is 53.1. The van der Waals surface area contributed by atoms with E-state index < -0.39 is 96.6 Å². The van der Waals surface area contributed by atoms with Crippen LogP contribution in [0.2, 0.25) is 0 Å². The Morgan fingerprint density at radius 3 is 2.39 bits per heavy atom. The second-order valence-electron chi connectivity index (χ2n) is 14.1. The minimum atomic E-state index is -5.60. The molecule has 3 rings (SSSR count). The number of carboxylic acid groups (broad SMARTS) is 1. The molecule has 1 aliphatic rings. The summed E-state index contributed by atoms with van der Waals surface area (Å²) in [5.41, 5.74) is 4.21. The molecule has 0 aliphatic carbocycles. The Labute approximate surface area is 357 Å². The fourth-order valence-electron chi connectivity index (χ4n) is 5.40. The number of nitrogen functional groups attached to an aromatic ring is 1. The number of thioether (sulfide) groups is 1. The Morgan fingerprint density at radius 1 is 1.02 bits per heavy atom. The number of phosphoric ester groups is 3. The largest absolute Gasteiger partial charge is 0.481 e. The van der Waals surface area contributed by atoms with Gasteiger partial charge in [-0.1, -0.05) is 37.8 Å². The summed E-state index contributed by atoms with van der Waals surface area (Å²) in [6.07, 6.45) is -3.70. The molecule has 0 radical (unpaired) electrons. The lowest BCUT2D eigenvalue weighted by Crippen LogP contribution is -2.46. The molecule has 3 heterocycles. The maximum absolute atomic E-state index is 12.7. The number of ether oxygens (including phenoxy) is 1. The topological polar surface area (TPSA) is 421 Å². The van der Waals surface area contributed by atoms with Gasteiger partial charge in [-0.05, 0) is 19.3 Å². The number of carbonyl (C=O) groups is 4. The summed E-state index contributed by atoms with van der Waals surface area (Å²) >= 11 is 0.986. The number of carbonyl (C=O) groups excluding carboxylic acids is 3. The third kappa shape index (κ3) is 17.7. The zero-order valence-electron chi connectivity index (χ0n) is 33.1. The first-order valence-electron chi connectivity index (χ1n) is 18.4. The van der Waals surface area contributed by atoms with E-state index in [0.717, 1.165) is 29.0 Å². The molecule has 27 nitrogen and oxygen atoms in total. The Morgan fingerprint density at radius 2 is 1.71 bits per heavy atom. The molecule has 1 saturated heterocycles. The van der Waals surface area contributed by atoms with E-state index in [4.69, 9.17) is 24.6 Å². The maximum Gasteiger partial charge on any atom is 0.481 e. The van der Waals surface area contributed by atoms with Gasteiger partial charge in [0.25, 0.3) is 0 Å². The van der Waals surface area contributed by atoms with Crippen molar-refractivity contribution >= 4 is 75.1 Å². The van der Waals surface area contributed by atoms with Crippen LogP contribution in [0.4, 0.5) is 5.82 Å². The number of imidazole rings is 1. The van der Waals surface area contributed by atoms with Crippen LogP contribution in [-0.2, 0) is 55.5 Å². The van der Waals surface area contributed by atoms with E-state index in [-0.39, 0.29) is 66.6 Å². The standard InChI is InChI=1S/C31H50N7O20P3S/c1-31(2,26(45)29(46)34-11-10-20(40)33-12-13-62-22(43)9-5-7-18(39)6-3-4-8-21(41)42)15-55-61(52,53)58-60(50,51)54-14-19-25(57-59(47,48)49)24(44)30(56-19)38-17-37-23-27(32)35-16-36-28(23)38/h3-4,16-19,24-26,30,39,44-45H,5-15H2,1-2H3,(H,33,40)(H,34,46)(H,41,42)(H,50,51)(H,52,53)(H2,32,35,36)(H2,47,48,49)/b4-3+. The highest BCUT2D eigenvalue weighted by molar-refractivity contribution is 8.13. The number of rotatable bonds is 27. The van der Waals surface area contributed by atoms with Gasteiger partial charge in [-0.3, -0.25) is 37.3 Å². The number of aliphatic hydroxyl groups is 3. The fraction of sp³-hybridized carbons (Fsp3) is 0.645. The van der Waals surface area contributed by atoms with Crippen molar-refractivity contribution in [1.29, 1.82) is 0 Å².